The van der Waals surface area contributed by atoms with Crippen LogP contribution in [0.25, 0.3) is 0 Å². The highest BCUT2D eigenvalue weighted by Gasteiger charge is 2.49. The normalized spacial score (nSPS) is 42.0. The Bertz CT molecular complexity index is 640. The summed E-state index contributed by atoms with van der Waals surface area (Å²) in [4.78, 5) is 0. The Morgan fingerprint density at radius 3 is 2.90 bits per heavy atom. The molecule has 11 heteroatoms. The molecule has 0 aromatic rings. The maximum absolute atomic E-state index is 16.0. The minimum atomic E-state index is -2.51. The van der Waals surface area contributed by atoms with Crippen LogP contribution in [0.4, 0.5) is 4.39 Å². The van der Waals surface area contributed by atoms with E-state index in [1.165, 1.54) is 5.57 Å². The van der Waals surface area contributed by atoms with Gasteiger partial charge in [0, 0.05) is 31.2 Å². The molecule has 8 nitrogen and oxygen atoms in total. The van der Waals surface area contributed by atoms with Crippen LogP contribution in [0.1, 0.15) is 32.1 Å². The van der Waals surface area contributed by atoms with Crippen molar-refractivity contribution in [1.29, 1.82) is 0 Å². The van der Waals surface area contributed by atoms with E-state index < -0.39 is 24.4 Å². The zero-order valence-electron chi connectivity index (χ0n) is 17.9. The van der Waals surface area contributed by atoms with Crippen molar-refractivity contribution in [2.45, 2.75) is 81.0 Å². The van der Waals surface area contributed by atoms with E-state index in [9.17, 15) is 10.2 Å². The first-order chi connectivity index (χ1) is 14.8. The Morgan fingerprint density at radius 2 is 2.13 bits per heavy atom. The molecule has 2 saturated heterocycles. The van der Waals surface area contributed by atoms with Gasteiger partial charge in [0.2, 0.25) is 0 Å². The van der Waals surface area contributed by atoms with E-state index in [0.717, 1.165) is 32.4 Å². The van der Waals surface area contributed by atoms with Crippen LogP contribution in [-0.2, 0) is 4.74 Å². The van der Waals surface area contributed by atoms with Gasteiger partial charge < -0.3 is 20.3 Å². The topological polar surface area (TPSA) is 110 Å². The molecule has 0 aromatic carbocycles. The van der Waals surface area contributed by atoms with Gasteiger partial charge in [0.1, 0.15) is 12.5 Å². The van der Waals surface area contributed by atoms with Gasteiger partial charge in [-0.2, -0.15) is 0 Å². The van der Waals surface area contributed by atoms with E-state index in [1.54, 1.807) is 0 Å². The van der Waals surface area contributed by atoms with Gasteiger partial charge in [-0.3, -0.25) is 21.3 Å². The lowest BCUT2D eigenvalue weighted by Gasteiger charge is -2.46. The van der Waals surface area contributed by atoms with Gasteiger partial charge >= 0.3 is 0 Å². The van der Waals surface area contributed by atoms with Crippen LogP contribution in [0.15, 0.2) is 11.6 Å². The molecular weight excluding hydrogens is 399 g/mol. The summed E-state index contributed by atoms with van der Waals surface area (Å²) >= 11 is 0. The number of alkyl halides is 1. The third kappa shape index (κ3) is 5.89. The van der Waals surface area contributed by atoms with Crippen molar-refractivity contribution in [2.75, 3.05) is 19.7 Å². The summed E-state index contributed by atoms with van der Waals surface area (Å²) in [5.41, 5.74) is 1.17. The number of nitrogens with one attached hydrogen (secondary N) is 5. The van der Waals surface area contributed by atoms with Crippen molar-refractivity contribution >= 4 is 15.7 Å². The lowest BCUT2D eigenvalue weighted by molar-refractivity contribution is -0.124. The largest absolute Gasteiger partial charge is 0.377 e. The van der Waals surface area contributed by atoms with Crippen LogP contribution < -0.4 is 26.6 Å². The Labute approximate surface area is 186 Å². The molecule has 8 atom stereocenters. The fourth-order valence-electron chi connectivity index (χ4n) is 5.63. The SMILES string of the molecule is [B]CC1CC(NC([B])(O)O)NC(NC2CC3CCOC3C(C3=CCNCCC3)C2F)N1. The van der Waals surface area contributed by atoms with E-state index in [-0.39, 0.29) is 24.1 Å². The summed E-state index contributed by atoms with van der Waals surface area (Å²) in [6.07, 6.45) is 4.46. The number of ether oxygens (including phenoxy) is 1. The molecule has 0 aromatic heterocycles. The molecular formula is C20H34B2FN5O3. The predicted molar refractivity (Wildman–Crippen MR) is 117 cm³/mol. The Kier molecular flexibility index (Phi) is 7.76. The zero-order valence-corrected chi connectivity index (χ0v) is 17.9. The first-order valence-electron chi connectivity index (χ1n) is 11.5. The highest BCUT2D eigenvalue weighted by atomic mass is 19.1. The molecule has 1 saturated carbocycles. The summed E-state index contributed by atoms with van der Waals surface area (Å²) in [5.74, 6) is -2.43. The average molecular weight is 433 g/mol. The van der Waals surface area contributed by atoms with Gasteiger partial charge in [-0.25, -0.2) is 4.39 Å². The highest BCUT2D eigenvalue weighted by Crippen LogP contribution is 2.44. The second-order valence-electron chi connectivity index (χ2n) is 9.31. The molecule has 0 bridgehead atoms. The molecule has 0 spiro atoms. The maximum atomic E-state index is 16.0. The predicted octanol–water partition coefficient (Wildman–Crippen LogP) is -1.48. The number of hydrogen-bond donors (Lipinski definition) is 7. The molecule has 3 fully saturated rings. The van der Waals surface area contributed by atoms with Gasteiger partial charge in [-0.15, -0.1) is 0 Å². The van der Waals surface area contributed by atoms with Gasteiger partial charge in [0.05, 0.1) is 20.1 Å². The van der Waals surface area contributed by atoms with Gasteiger partial charge in [-0.05, 0) is 44.6 Å². The standard InChI is InChI=1S/C20H34B2FN5O3/c21-10-13-9-15(28-20(22,29)30)27-19(25-13)26-14-8-12-4-7-31-18(12)16(17(14)23)11-2-1-5-24-6-3-11/h3,12-19,24-30H,1-2,4-10H2. The van der Waals surface area contributed by atoms with E-state index in [0.29, 0.717) is 31.7 Å². The number of fused-ring (bicyclic) bond motifs is 1. The van der Waals surface area contributed by atoms with Crippen molar-refractivity contribution in [3.63, 3.8) is 0 Å². The summed E-state index contributed by atoms with van der Waals surface area (Å²) in [6, 6.07) is -0.452. The molecule has 3 heterocycles. The quantitative estimate of drug-likeness (QED) is 0.155. The maximum Gasteiger partial charge on any atom is 0.178 e. The summed E-state index contributed by atoms with van der Waals surface area (Å²) in [7, 11) is 11.1. The zero-order chi connectivity index (χ0) is 22.0. The molecule has 1 aliphatic carbocycles. The van der Waals surface area contributed by atoms with Crippen LogP contribution in [-0.4, -0.2) is 88.2 Å². The van der Waals surface area contributed by atoms with Crippen LogP contribution in [0.3, 0.4) is 0 Å². The van der Waals surface area contributed by atoms with Gasteiger partial charge in [0.25, 0.3) is 0 Å². The molecule has 8 unspecified atom stereocenters. The smallest absolute Gasteiger partial charge is 0.178 e. The van der Waals surface area contributed by atoms with Gasteiger partial charge in [0.15, 0.2) is 13.7 Å². The van der Waals surface area contributed by atoms with Crippen LogP contribution >= 0.6 is 0 Å². The number of aliphatic hydroxyl groups is 2. The Hall–Kier alpha value is -0.520. The monoisotopic (exact) mass is 433 g/mol. The Morgan fingerprint density at radius 1 is 1.29 bits per heavy atom. The Balaban J connectivity index is 1.47. The highest BCUT2D eigenvalue weighted by molar-refractivity contribution is 6.12. The third-order valence-corrected chi connectivity index (χ3v) is 7.00. The van der Waals surface area contributed by atoms with E-state index >= 15 is 4.39 Å². The van der Waals surface area contributed by atoms with E-state index in [4.69, 9.17) is 20.4 Å². The van der Waals surface area contributed by atoms with Crippen LogP contribution in [0, 0.1) is 11.8 Å². The first-order valence-corrected chi connectivity index (χ1v) is 11.5. The van der Waals surface area contributed by atoms with Gasteiger partial charge in [-0.1, -0.05) is 18.0 Å². The fraction of sp³-hybridized carbons (Fsp3) is 0.900. The summed E-state index contributed by atoms with van der Waals surface area (Å²) < 4.78 is 22.0. The van der Waals surface area contributed by atoms with Crippen molar-refractivity contribution < 1.29 is 19.3 Å². The average Bonchev–Trinajstić information content (AvgIpc) is 3.00. The van der Waals surface area contributed by atoms with Crippen LogP contribution in [0.2, 0.25) is 6.32 Å². The minimum Gasteiger partial charge on any atom is -0.377 e. The molecule has 4 radical (unpaired) electrons. The lowest BCUT2D eigenvalue weighted by Crippen LogP contribution is -2.72. The first kappa shape index (κ1) is 23.6. The molecule has 7 N–H and O–H groups in total. The van der Waals surface area contributed by atoms with Crippen molar-refractivity contribution in [3.8, 4) is 0 Å². The summed E-state index contributed by atoms with van der Waals surface area (Å²) in [6.45, 7) is 2.40. The lowest BCUT2D eigenvalue weighted by atomic mass is 9.71. The minimum absolute atomic E-state index is 0.0579. The molecule has 3 aliphatic heterocycles. The number of halogens is 1. The molecule has 4 aliphatic rings. The van der Waals surface area contributed by atoms with E-state index in [1.807, 2.05) is 0 Å². The van der Waals surface area contributed by atoms with Crippen molar-refractivity contribution in [2.24, 2.45) is 11.8 Å². The molecule has 170 valence electrons. The van der Waals surface area contributed by atoms with Crippen LogP contribution in [0.5, 0.6) is 0 Å². The molecule has 31 heavy (non-hydrogen) atoms. The van der Waals surface area contributed by atoms with Crippen molar-refractivity contribution in [3.05, 3.63) is 11.6 Å². The second-order valence-corrected chi connectivity index (χ2v) is 9.31. The number of rotatable bonds is 6. The number of hydrogen-bond acceptors (Lipinski definition) is 8. The third-order valence-electron chi connectivity index (χ3n) is 7.00. The summed E-state index contributed by atoms with van der Waals surface area (Å²) in [5, 5.41) is 34.8. The molecule has 0 amide bonds. The fourth-order valence-corrected chi connectivity index (χ4v) is 5.63. The molecule has 4 rings (SSSR count). The second kappa shape index (κ2) is 10.2. The van der Waals surface area contributed by atoms with E-state index in [2.05, 4.69) is 32.7 Å². The van der Waals surface area contributed by atoms with Crippen molar-refractivity contribution in [1.82, 2.24) is 26.6 Å².